The van der Waals surface area contributed by atoms with E-state index in [0.717, 1.165) is 67.8 Å². The summed E-state index contributed by atoms with van der Waals surface area (Å²) in [7, 11) is 0. The third kappa shape index (κ3) is 5.21. The number of phenolic OH excluding ortho intramolecular Hbond substituents is 1. The number of ether oxygens (including phenoxy) is 1. The number of imide groups is 1. The maximum atomic E-state index is 13.7. The second kappa shape index (κ2) is 11.4. The molecule has 200 valence electrons. The van der Waals surface area contributed by atoms with E-state index in [1.807, 2.05) is 12.1 Å². The van der Waals surface area contributed by atoms with Gasteiger partial charge in [-0.2, -0.15) is 0 Å². The van der Waals surface area contributed by atoms with Gasteiger partial charge in [-0.25, -0.2) is 0 Å². The molecule has 1 aromatic rings. The van der Waals surface area contributed by atoms with Crippen molar-refractivity contribution in [2.24, 2.45) is 17.8 Å². The molecule has 37 heavy (non-hydrogen) atoms. The molecule has 5 nitrogen and oxygen atoms in total. The van der Waals surface area contributed by atoms with Gasteiger partial charge in [-0.1, -0.05) is 72.7 Å². The van der Waals surface area contributed by atoms with E-state index in [1.54, 1.807) is 11.0 Å². The largest absolute Gasteiger partial charge is 0.507 e. The van der Waals surface area contributed by atoms with Crippen LogP contribution in [0.25, 0.3) is 6.08 Å². The standard InChI is InChI=1S/C31H40BrNO4/c1-3-8-19(15-21-16-22(32)12-13-26(21)34)11-14-27-28-20(4-2)17-24-29(25(28)18-37-27)31(36)33(30(24)35)23-9-6-5-7-10-23/h12-13,15-16,23-25,27,29,34H,3-11,14,17-18H2,1-2H3/b19-15+/t24-,25+,27-,29-/m1/s1. The molecule has 4 aliphatic rings. The highest BCUT2D eigenvalue weighted by Gasteiger charge is 2.57. The summed E-state index contributed by atoms with van der Waals surface area (Å²) in [5, 5.41) is 10.3. The minimum atomic E-state index is -0.242. The molecule has 0 spiro atoms. The zero-order chi connectivity index (χ0) is 26.1. The van der Waals surface area contributed by atoms with E-state index < -0.39 is 0 Å². The van der Waals surface area contributed by atoms with Gasteiger partial charge in [-0.3, -0.25) is 14.5 Å². The number of allylic oxidation sites excluding steroid dienone is 2. The Kier molecular flexibility index (Phi) is 8.25. The number of carbonyl (C=O) groups excluding carboxylic acids is 2. The van der Waals surface area contributed by atoms with Gasteiger partial charge >= 0.3 is 0 Å². The molecule has 6 heteroatoms. The molecule has 1 saturated carbocycles. The van der Waals surface area contributed by atoms with E-state index >= 15 is 0 Å². The molecule has 2 saturated heterocycles. The molecule has 1 aromatic carbocycles. The number of amides is 2. The van der Waals surface area contributed by atoms with Gasteiger partial charge in [0.15, 0.2) is 0 Å². The molecule has 4 atom stereocenters. The van der Waals surface area contributed by atoms with E-state index in [-0.39, 0.29) is 47.5 Å². The quantitative estimate of drug-likeness (QED) is 0.266. The maximum absolute atomic E-state index is 13.7. The summed E-state index contributed by atoms with van der Waals surface area (Å²) in [6, 6.07) is 5.62. The number of halogens is 1. The van der Waals surface area contributed by atoms with Crippen LogP contribution in [0.2, 0.25) is 0 Å². The molecule has 2 aliphatic carbocycles. The van der Waals surface area contributed by atoms with Crippen molar-refractivity contribution in [3.8, 4) is 5.75 Å². The number of nitrogens with zero attached hydrogens (tertiary/aromatic N) is 1. The van der Waals surface area contributed by atoms with Crippen LogP contribution in [0.5, 0.6) is 5.75 Å². The van der Waals surface area contributed by atoms with Gasteiger partial charge < -0.3 is 9.84 Å². The van der Waals surface area contributed by atoms with Gasteiger partial charge in [0.1, 0.15) is 5.75 Å². The minimum absolute atomic E-state index is 0.00361. The van der Waals surface area contributed by atoms with Crippen LogP contribution in [0.1, 0.15) is 90.0 Å². The second-order valence-corrected chi connectivity index (χ2v) is 12.2. The minimum Gasteiger partial charge on any atom is -0.507 e. The Morgan fingerprint density at radius 3 is 2.62 bits per heavy atom. The number of rotatable bonds is 8. The number of benzene rings is 1. The molecule has 2 amide bonds. The Bertz CT molecular complexity index is 1100. The molecular formula is C31H40BrNO4. The van der Waals surface area contributed by atoms with Crippen molar-refractivity contribution in [2.75, 3.05) is 6.61 Å². The molecule has 1 N–H and O–H groups in total. The van der Waals surface area contributed by atoms with Crippen molar-refractivity contribution in [1.82, 2.24) is 4.90 Å². The summed E-state index contributed by atoms with van der Waals surface area (Å²) in [4.78, 5) is 28.9. The van der Waals surface area contributed by atoms with Crippen molar-refractivity contribution in [2.45, 2.75) is 96.6 Å². The molecule has 0 aromatic heterocycles. The summed E-state index contributed by atoms with van der Waals surface area (Å²) in [6.07, 6.45) is 12.8. The van der Waals surface area contributed by atoms with Gasteiger partial charge in [-0.05, 0) is 68.7 Å². The van der Waals surface area contributed by atoms with Crippen LogP contribution >= 0.6 is 15.9 Å². The topological polar surface area (TPSA) is 66.8 Å². The van der Waals surface area contributed by atoms with Crippen molar-refractivity contribution in [3.63, 3.8) is 0 Å². The predicted molar refractivity (Wildman–Crippen MR) is 149 cm³/mol. The number of phenols is 1. The number of hydrogen-bond donors (Lipinski definition) is 1. The fourth-order valence-electron chi connectivity index (χ4n) is 7.30. The van der Waals surface area contributed by atoms with E-state index in [4.69, 9.17) is 4.74 Å². The number of fused-ring (bicyclic) bond motifs is 3. The molecule has 2 aliphatic heterocycles. The zero-order valence-electron chi connectivity index (χ0n) is 22.2. The summed E-state index contributed by atoms with van der Waals surface area (Å²) in [6.45, 7) is 4.89. The first-order chi connectivity index (χ1) is 17.9. The molecule has 0 radical (unpaired) electrons. The highest BCUT2D eigenvalue weighted by molar-refractivity contribution is 9.10. The SMILES string of the molecule is CCC/C(=C\c1cc(Br)ccc1O)CC[C@H]1OC[C@H]2C1=C(CC)C[C@H]1C(=O)N(C3CCCCC3)C(=O)[C@H]12. The maximum Gasteiger partial charge on any atom is 0.234 e. The normalized spacial score (nSPS) is 28.7. The second-order valence-electron chi connectivity index (χ2n) is 11.3. The van der Waals surface area contributed by atoms with Crippen LogP contribution < -0.4 is 0 Å². The highest BCUT2D eigenvalue weighted by Crippen LogP contribution is 2.51. The van der Waals surface area contributed by atoms with Crippen molar-refractivity contribution in [1.29, 1.82) is 0 Å². The molecular weight excluding hydrogens is 530 g/mol. The van der Waals surface area contributed by atoms with Gasteiger partial charge in [0.25, 0.3) is 0 Å². The van der Waals surface area contributed by atoms with Gasteiger partial charge in [-0.15, -0.1) is 0 Å². The first-order valence-electron chi connectivity index (χ1n) is 14.3. The number of likely N-dealkylation sites (tertiary alicyclic amines) is 1. The monoisotopic (exact) mass is 569 g/mol. The smallest absolute Gasteiger partial charge is 0.234 e. The van der Waals surface area contributed by atoms with Gasteiger partial charge in [0, 0.05) is 22.0 Å². The summed E-state index contributed by atoms with van der Waals surface area (Å²) in [5.74, 6) is 0.0362. The van der Waals surface area contributed by atoms with Crippen LogP contribution in [0.15, 0.2) is 39.4 Å². The Hall–Kier alpha value is -1.92. The number of hydrogen-bond acceptors (Lipinski definition) is 4. The van der Waals surface area contributed by atoms with Crippen LogP contribution in [0, 0.1) is 17.8 Å². The van der Waals surface area contributed by atoms with E-state index in [1.165, 1.54) is 23.1 Å². The van der Waals surface area contributed by atoms with Crippen molar-refractivity contribution >= 4 is 33.8 Å². The number of aromatic hydroxyl groups is 1. The fourth-order valence-corrected chi connectivity index (χ4v) is 7.68. The lowest BCUT2D eigenvalue weighted by Crippen LogP contribution is -2.42. The average Bonchev–Trinajstić information content (AvgIpc) is 3.43. The average molecular weight is 571 g/mol. The fraction of sp³-hybridized carbons (Fsp3) is 0.613. The van der Waals surface area contributed by atoms with Crippen LogP contribution in [0.4, 0.5) is 0 Å². The van der Waals surface area contributed by atoms with Crippen LogP contribution in [-0.4, -0.2) is 40.6 Å². The van der Waals surface area contributed by atoms with E-state index in [0.29, 0.717) is 13.0 Å². The summed E-state index contributed by atoms with van der Waals surface area (Å²) >= 11 is 3.51. The molecule has 0 bridgehead atoms. The summed E-state index contributed by atoms with van der Waals surface area (Å²) < 4.78 is 7.35. The molecule has 5 rings (SSSR count). The first kappa shape index (κ1) is 26.7. The van der Waals surface area contributed by atoms with Gasteiger partial charge in [0.05, 0.1) is 24.5 Å². The number of carbonyl (C=O) groups is 2. The van der Waals surface area contributed by atoms with Crippen molar-refractivity contribution in [3.05, 3.63) is 45.0 Å². The van der Waals surface area contributed by atoms with Crippen molar-refractivity contribution < 1.29 is 19.4 Å². The van der Waals surface area contributed by atoms with Crippen LogP contribution in [-0.2, 0) is 14.3 Å². The van der Waals surface area contributed by atoms with Gasteiger partial charge in [0.2, 0.25) is 11.8 Å². The van der Waals surface area contributed by atoms with E-state index in [2.05, 4.69) is 35.9 Å². The Balaban J connectivity index is 1.35. The molecule has 0 unspecified atom stereocenters. The zero-order valence-corrected chi connectivity index (χ0v) is 23.8. The third-order valence-corrected chi connectivity index (χ3v) is 9.55. The predicted octanol–water partition coefficient (Wildman–Crippen LogP) is 7.18. The lowest BCUT2D eigenvalue weighted by molar-refractivity contribution is -0.143. The highest BCUT2D eigenvalue weighted by atomic mass is 79.9. The molecule has 2 heterocycles. The Labute approximate surface area is 229 Å². The lowest BCUT2D eigenvalue weighted by atomic mass is 9.69. The van der Waals surface area contributed by atoms with E-state index in [9.17, 15) is 14.7 Å². The Morgan fingerprint density at radius 2 is 1.89 bits per heavy atom. The first-order valence-corrected chi connectivity index (χ1v) is 15.1. The Morgan fingerprint density at radius 1 is 1.11 bits per heavy atom. The molecule has 3 fully saturated rings. The lowest BCUT2D eigenvalue weighted by Gasteiger charge is -2.31. The van der Waals surface area contributed by atoms with Crippen LogP contribution in [0.3, 0.4) is 0 Å². The summed E-state index contributed by atoms with van der Waals surface area (Å²) in [5.41, 5.74) is 4.78. The third-order valence-electron chi connectivity index (χ3n) is 9.06.